The summed E-state index contributed by atoms with van der Waals surface area (Å²) >= 11 is 5.83. The second kappa shape index (κ2) is 6.17. The predicted molar refractivity (Wildman–Crippen MR) is 69.4 cm³/mol. The monoisotopic (exact) mass is 302 g/mol. The highest BCUT2D eigenvalue weighted by Gasteiger charge is 2.22. The lowest BCUT2D eigenvalue weighted by atomic mass is 10.2. The van der Waals surface area contributed by atoms with Crippen LogP contribution in [0.3, 0.4) is 0 Å². The maximum Gasteiger partial charge on any atom is 0.333 e. The van der Waals surface area contributed by atoms with Gasteiger partial charge in [-0.25, -0.2) is 18.6 Å². The van der Waals surface area contributed by atoms with Crippen molar-refractivity contribution in [2.24, 2.45) is 0 Å². The van der Waals surface area contributed by atoms with Gasteiger partial charge in [0.05, 0.1) is 12.2 Å². The number of halogens is 3. The third-order valence-electron chi connectivity index (χ3n) is 2.86. The zero-order valence-electron chi connectivity index (χ0n) is 10.8. The first-order chi connectivity index (χ1) is 9.45. The second-order valence-corrected chi connectivity index (χ2v) is 4.82. The number of carbonyl (C=O) groups excluding carboxylic acids is 1. The van der Waals surface area contributed by atoms with E-state index in [1.807, 2.05) is 0 Å². The van der Waals surface area contributed by atoms with E-state index >= 15 is 0 Å². The minimum Gasteiger partial charge on any atom is -0.456 e. The summed E-state index contributed by atoms with van der Waals surface area (Å²) in [6.45, 7) is 1.56. The number of carbonyl (C=O) groups is 1. The normalized spacial score (nSPS) is 14.4. The van der Waals surface area contributed by atoms with Crippen LogP contribution in [0, 0.1) is 6.92 Å². The molecule has 0 aliphatic carbocycles. The number of aromatic nitrogens is 1. The van der Waals surface area contributed by atoms with Crippen LogP contribution in [0.15, 0.2) is 24.0 Å². The summed E-state index contributed by atoms with van der Waals surface area (Å²) in [6, 6.07) is 1.78. The van der Waals surface area contributed by atoms with Gasteiger partial charge in [0.25, 0.3) is 6.43 Å². The highest BCUT2D eigenvalue weighted by Crippen LogP contribution is 2.19. The molecule has 0 spiro atoms. The quantitative estimate of drug-likeness (QED) is 0.619. The lowest BCUT2D eigenvalue weighted by Gasteiger charge is -2.24. The van der Waals surface area contributed by atoms with Gasteiger partial charge < -0.3 is 9.64 Å². The summed E-state index contributed by atoms with van der Waals surface area (Å²) in [5.74, 6) is -0.510. The molecule has 0 saturated carbocycles. The molecule has 1 aliphatic rings. The zero-order chi connectivity index (χ0) is 14.7. The van der Waals surface area contributed by atoms with Gasteiger partial charge in [-0.2, -0.15) is 0 Å². The molecule has 0 saturated heterocycles. The number of pyridine rings is 1. The van der Waals surface area contributed by atoms with Crippen molar-refractivity contribution >= 4 is 17.6 Å². The molecule has 2 rings (SSSR count). The van der Waals surface area contributed by atoms with E-state index in [2.05, 4.69) is 4.98 Å². The van der Waals surface area contributed by atoms with E-state index < -0.39 is 18.9 Å². The van der Waals surface area contributed by atoms with Gasteiger partial charge in [0.2, 0.25) is 0 Å². The number of hydrogen-bond donors (Lipinski definition) is 0. The van der Waals surface area contributed by atoms with Crippen molar-refractivity contribution in [2.45, 2.75) is 19.9 Å². The van der Waals surface area contributed by atoms with Crippen LogP contribution in [0.2, 0.25) is 5.15 Å². The molecular formula is C13H13ClF2N2O2. The van der Waals surface area contributed by atoms with E-state index in [4.69, 9.17) is 16.3 Å². The van der Waals surface area contributed by atoms with E-state index in [1.54, 1.807) is 13.0 Å². The summed E-state index contributed by atoms with van der Waals surface area (Å²) < 4.78 is 30.1. The molecule has 20 heavy (non-hydrogen) atoms. The topological polar surface area (TPSA) is 42.4 Å². The molecule has 0 unspecified atom stereocenters. The fourth-order valence-electron chi connectivity index (χ4n) is 1.92. The number of aryl methyl sites for hydroxylation is 1. The molecule has 108 valence electrons. The van der Waals surface area contributed by atoms with Crippen molar-refractivity contribution in [2.75, 3.05) is 13.2 Å². The molecule has 0 atom stereocenters. The molecule has 1 aliphatic heterocycles. The molecule has 4 nitrogen and oxygen atoms in total. The van der Waals surface area contributed by atoms with Crippen LogP contribution in [-0.2, 0) is 16.1 Å². The minimum atomic E-state index is -2.51. The van der Waals surface area contributed by atoms with Crippen LogP contribution in [-0.4, -0.2) is 35.4 Å². The Hall–Kier alpha value is -1.69. The summed E-state index contributed by atoms with van der Waals surface area (Å²) in [6.07, 6.45) is 0.262. The lowest BCUT2D eigenvalue weighted by Crippen LogP contribution is -2.28. The van der Waals surface area contributed by atoms with Crippen molar-refractivity contribution in [3.63, 3.8) is 0 Å². The Morgan fingerprint density at radius 3 is 2.85 bits per heavy atom. The molecule has 0 amide bonds. The number of rotatable bonds is 5. The average molecular weight is 303 g/mol. The van der Waals surface area contributed by atoms with Crippen molar-refractivity contribution < 1.29 is 18.3 Å². The van der Waals surface area contributed by atoms with Crippen LogP contribution < -0.4 is 0 Å². The van der Waals surface area contributed by atoms with E-state index in [1.165, 1.54) is 17.2 Å². The fraction of sp³-hybridized carbons (Fsp3) is 0.385. The second-order valence-electron chi connectivity index (χ2n) is 4.47. The number of cyclic esters (lactones) is 1. The highest BCUT2D eigenvalue weighted by molar-refractivity contribution is 6.30. The maximum atomic E-state index is 12.7. The Bertz CT molecular complexity index is 549. The van der Waals surface area contributed by atoms with Crippen molar-refractivity contribution in [3.8, 4) is 0 Å². The molecule has 2 heterocycles. The van der Waals surface area contributed by atoms with Gasteiger partial charge in [0.15, 0.2) is 0 Å². The fourth-order valence-corrected chi connectivity index (χ4v) is 2.02. The molecule has 0 radical (unpaired) electrons. The van der Waals surface area contributed by atoms with Gasteiger partial charge in [0, 0.05) is 18.8 Å². The van der Waals surface area contributed by atoms with Gasteiger partial charge in [-0.05, 0) is 24.1 Å². The van der Waals surface area contributed by atoms with Gasteiger partial charge in [-0.3, -0.25) is 0 Å². The van der Waals surface area contributed by atoms with Crippen LogP contribution in [0.4, 0.5) is 8.78 Å². The largest absolute Gasteiger partial charge is 0.456 e. The van der Waals surface area contributed by atoms with Gasteiger partial charge >= 0.3 is 5.97 Å². The predicted octanol–water partition coefficient (Wildman–Crippen LogP) is 2.55. The molecule has 0 aromatic carbocycles. The van der Waals surface area contributed by atoms with E-state index in [9.17, 15) is 13.6 Å². The van der Waals surface area contributed by atoms with Crippen LogP contribution in [0.1, 0.15) is 11.1 Å². The number of nitrogens with zero attached hydrogens (tertiary/aromatic N) is 2. The van der Waals surface area contributed by atoms with E-state index in [0.717, 1.165) is 11.1 Å². The number of esters is 1. The maximum absolute atomic E-state index is 12.7. The van der Waals surface area contributed by atoms with Crippen molar-refractivity contribution in [3.05, 3.63) is 40.3 Å². The Labute approximate surface area is 120 Å². The molecule has 1 aromatic heterocycles. The molecule has 0 bridgehead atoms. The summed E-state index contributed by atoms with van der Waals surface area (Å²) in [5.41, 5.74) is 1.96. The van der Waals surface area contributed by atoms with E-state index in [0.29, 0.717) is 10.9 Å². The van der Waals surface area contributed by atoms with Crippen molar-refractivity contribution in [1.82, 2.24) is 9.88 Å². The third kappa shape index (κ3) is 3.66. The molecule has 1 aromatic rings. The Balaban J connectivity index is 2.17. The Kier molecular flexibility index (Phi) is 4.54. The highest BCUT2D eigenvalue weighted by atomic mass is 35.5. The van der Waals surface area contributed by atoms with Gasteiger partial charge in [-0.1, -0.05) is 11.6 Å². The van der Waals surface area contributed by atoms with Crippen molar-refractivity contribution in [1.29, 1.82) is 0 Å². The first kappa shape index (κ1) is 14.7. The van der Waals surface area contributed by atoms with Crippen LogP contribution in [0.25, 0.3) is 0 Å². The Morgan fingerprint density at radius 2 is 2.30 bits per heavy atom. The van der Waals surface area contributed by atoms with Crippen LogP contribution in [0.5, 0.6) is 0 Å². The molecule has 0 fully saturated rings. The number of hydrogen-bond acceptors (Lipinski definition) is 4. The summed E-state index contributed by atoms with van der Waals surface area (Å²) in [7, 11) is 0. The first-order valence-electron chi connectivity index (χ1n) is 5.97. The average Bonchev–Trinajstić information content (AvgIpc) is 2.79. The Morgan fingerprint density at radius 1 is 1.55 bits per heavy atom. The number of ether oxygens (including phenoxy) is 1. The lowest BCUT2D eigenvalue weighted by molar-refractivity contribution is -0.135. The molecule has 0 N–H and O–H groups in total. The van der Waals surface area contributed by atoms with Gasteiger partial charge in [-0.15, -0.1) is 0 Å². The standard InChI is InChI=1S/C13H13ClF2N2O2/c1-8-2-9(4-17-13(8)14)5-18(6-11(15)16)10-3-12(19)20-7-10/h2-4,11H,5-7H2,1H3. The SMILES string of the molecule is Cc1cc(CN(CC(F)F)C2=CC(=O)OC2)cnc1Cl. The third-order valence-corrected chi connectivity index (χ3v) is 3.25. The summed E-state index contributed by atoms with van der Waals surface area (Å²) in [4.78, 5) is 16.5. The van der Waals surface area contributed by atoms with E-state index in [-0.39, 0.29) is 13.2 Å². The number of alkyl halides is 2. The van der Waals surface area contributed by atoms with Crippen LogP contribution >= 0.6 is 11.6 Å². The smallest absolute Gasteiger partial charge is 0.333 e. The minimum absolute atomic E-state index is 0.0194. The zero-order valence-corrected chi connectivity index (χ0v) is 11.5. The first-order valence-corrected chi connectivity index (χ1v) is 6.35. The molecule has 7 heteroatoms. The van der Waals surface area contributed by atoms with Gasteiger partial charge in [0.1, 0.15) is 11.8 Å². The summed E-state index contributed by atoms with van der Waals surface area (Å²) in [5, 5.41) is 0.382. The molecular weight excluding hydrogens is 290 g/mol.